The molecule has 0 saturated carbocycles. The van der Waals surface area contributed by atoms with Crippen molar-refractivity contribution in [2.75, 3.05) is 6.54 Å². The lowest BCUT2D eigenvalue weighted by molar-refractivity contribution is 0.192. The number of hydrogen-bond acceptors (Lipinski definition) is 2. The van der Waals surface area contributed by atoms with Crippen LogP contribution in [0.5, 0.6) is 0 Å². The van der Waals surface area contributed by atoms with Crippen LogP contribution in [0.15, 0.2) is 36.9 Å². The zero-order valence-corrected chi connectivity index (χ0v) is 15.9. The van der Waals surface area contributed by atoms with Gasteiger partial charge < -0.3 is 0 Å². The van der Waals surface area contributed by atoms with E-state index in [0.717, 1.165) is 24.9 Å². The predicted molar refractivity (Wildman–Crippen MR) is 99.6 cm³/mol. The predicted octanol–water partition coefficient (Wildman–Crippen LogP) is 3.96. The molecule has 1 fully saturated rings. The van der Waals surface area contributed by atoms with Gasteiger partial charge in [0.1, 0.15) is 5.82 Å². The van der Waals surface area contributed by atoms with Crippen LogP contribution in [-0.2, 0) is 11.0 Å². The normalized spacial score (nSPS) is 24.7. The average Bonchev–Trinajstić information content (AvgIpc) is 2.90. The van der Waals surface area contributed by atoms with Gasteiger partial charge >= 0.3 is 0 Å². The van der Waals surface area contributed by atoms with Crippen LogP contribution in [0.4, 0.5) is 4.39 Å². The number of halogens is 1. The quantitative estimate of drug-likeness (QED) is 0.786. The molecule has 1 N–H and O–H groups in total. The van der Waals surface area contributed by atoms with Crippen molar-refractivity contribution in [2.24, 2.45) is 0 Å². The first-order valence-corrected chi connectivity index (χ1v) is 9.69. The molecule has 4 atom stereocenters. The van der Waals surface area contributed by atoms with E-state index < -0.39 is 11.0 Å². The monoisotopic (exact) mass is 352 g/mol. The Morgan fingerprint density at radius 2 is 2.17 bits per heavy atom. The van der Waals surface area contributed by atoms with Gasteiger partial charge in [-0.3, -0.25) is 4.90 Å². The molecular formula is C19H29FN2OS. The number of nitrogens with one attached hydrogen (secondary N) is 1. The largest absolute Gasteiger partial charge is 0.288 e. The lowest BCUT2D eigenvalue weighted by Crippen LogP contribution is -2.49. The highest BCUT2D eigenvalue weighted by Crippen LogP contribution is 2.37. The highest BCUT2D eigenvalue weighted by Gasteiger charge is 2.37. The maximum atomic E-state index is 13.6. The summed E-state index contributed by atoms with van der Waals surface area (Å²) in [6.07, 6.45) is 3.85. The van der Waals surface area contributed by atoms with Gasteiger partial charge in [-0.05, 0) is 58.2 Å². The zero-order valence-electron chi connectivity index (χ0n) is 15.1. The summed E-state index contributed by atoms with van der Waals surface area (Å²) in [5.74, 6) is -0.200. The van der Waals surface area contributed by atoms with Crippen molar-refractivity contribution in [3.05, 3.63) is 48.3 Å². The zero-order chi connectivity index (χ0) is 17.9. The molecule has 0 bridgehead atoms. The fourth-order valence-corrected chi connectivity index (χ4v) is 4.18. The van der Waals surface area contributed by atoms with Crippen molar-refractivity contribution in [2.45, 2.75) is 63.4 Å². The molecule has 0 aromatic heterocycles. The SMILES string of the molecule is C=CCN1[C@@H]([C@H](C)N[S@@](=O)C(C)(C)C)CC[C@H]1c1cccc(F)c1. The molecule has 0 amide bonds. The van der Waals surface area contributed by atoms with E-state index in [1.807, 2.05) is 32.9 Å². The molecule has 1 aromatic carbocycles. The molecule has 1 aromatic rings. The molecule has 5 heteroatoms. The van der Waals surface area contributed by atoms with Crippen LogP contribution < -0.4 is 4.72 Å². The van der Waals surface area contributed by atoms with Crippen LogP contribution >= 0.6 is 0 Å². The van der Waals surface area contributed by atoms with Gasteiger partial charge in [0.05, 0.1) is 15.7 Å². The van der Waals surface area contributed by atoms with Crippen LogP contribution in [0.2, 0.25) is 0 Å². The third-order valence-electron chi connectivity index (χ3n) is 4.56. The summed E-state index contributed by atoms with van der Waals surface area (Å²) in [6, 6.07) is 7.36. The molecule has 3 nitrogen and oxygen atoms in total. The Bertz CT molecular complexity index is 599. The van der Waals surface area contributed by atoms with Gasteiger partial charge in [-0.25, -0.2) is 13.3 Å². The minimum atomic E-state index is -1.10. The molecule has 0 radical (unpaired) electrons. The first kappa shape index (κ1) is 19.3. The third-order valence-corrected chi connectivity index (χ3v) is 6.26. The summed E-state index contributed by atoms with van der Waals surface area (Å²) in [4.78, 5) is 2.35. The first-order chi connectivity index (χ1) is 11.2. The first-order valence-electron chi connectivity index (χ1n) is 8.54. The Kier molecular flexibility index (Phi) is 6.34. The second kappa shape index (κ2) is 7.89. The Morgan fingerprint density at radius 1 is 1.46 bits per heavy atom. The lowest BCUT2D eigenvalue weighted by Gasteiger charge is -2.34. The Hall–Kier alpha value is -1.04. The second-order valence-electron chi connectivity index (χ2n) is 7.49. The van der Waals surface area contributed by atoms with Crippen LogP contribution in [-0.4, -0.2) is 32.5 Å². The van der Waals surface area contributed by atoms with Crippen molar-refractivity contribution in [1.82, 2.24) is 9.62 Å². The molecule has 2 rings (SSSR count). The maximum absolute atomic E-state index is 13.6. The fourth-order valence-electron chi connectivity index (χ4n) is 3.34. The smallest absolute Gasteiger partial charge is 0.123 e. The van der Waals surface area contributed by atoms with Gasteiger partial charge in [0.25, 0.3) is 0 Å². The van der Waals surface area contributed by atoms with Crippen molar-refractivity contribution in [1.29, 1.82) is 0 Å². The number of likely N-dealkylation sites (tertiary alicyclic amines) is 1. The van der Waals surface area contributed by atoms with E-state index in [1.165, 1.54) is 6.07 Å². The highest BCUT2D eigenvalue weighted by molar-refractivity contribution is 7.84. The second-order valence-corrected chi connectivity index (χ2v) is 9.49. The van der Waals surface area contributed by atoms with E-state index in [-0.39, 0.29) is 28.7 Å². The Labute approximate surface area is 147 Å². The number of hydrogen-bond donors (Lipinski definition) is 1. The number of rotatable bonds is 6. The van der Waals surface area contributed by atoms with Crippen molar-refractivity contribution in [3.63, 3.8) is 0 Å². The molecule has 0 aliphatic carbocycles. The molecule has 1 saturated heterocycles. The van der Waals surface area contributed by atoms with Gasteiger partial charge in [-0.1, -0.05) is 18.2 Å². The Morgan fingerprint density at radius 3 is 2.75 bits per heavy atom. The molecule has 0 unspecified atom stereocenters. The number of benzene rings is 1. The Balaban J connectivity index is 2.16. The number of nitrogens with zero attached hydrogens (tertiary/aromatic N) is 1. The van der Waals surface area contributed by atoms with Crippen molar-refractivity contribution >= 4 is 11.0 Å². The molecule has 134 valence electrons. The van der Waals surface area contributed by atoms with Gasteiger partial charge in [0, 0.05) is 24.7 Å². The highest BCUT2D eigenvalue weighted by atomic mass is 32.2. The van der Waals surface area contributed by atoms with E-state index in [2.05, 4.69) is 23.1 Å². The standard InChI is InChI=1S/C19H29FN2OS/c1-6-12-22-17(14(2)21-24(23)19(3,4)5)10-11-18(22)15-8-7-9-16(20)13-15/h6-9,13-14,17-18,21H,1,10-12H2,2-5H3/t14-,17+,18-,24-/m0/s1. The third kappa shape index (κ3) is 4.52. The van der Waals surface area contributed by atoms with E-state index in [0.29, 0.717) is 0 Å². The summed E-state index contributed by atoms with van der Waals surface area (Å²) in [5, 5.41) is 0. The lowest BCUT2D eigenvalue weighted by atomic mass is 10.0. The van der Waals surface area contributed by atoms with Crippen LogP contribution in [0, 0.1) is 5.82 Å². The van der Waals surface area contributed by atoms with E-state index in [9.17, 15) is 8.60 Å². The van der Waals surface area contributed by atoms with Crippen LogP contribution in [0.3, 0.4) is 0 Å². The molecule has 1 aliphatic rings. The molecule has 0 spiro atoms. The van der Waals surface area contributed by atoms with E-state index in [1.54, 1.807) is 12.1 Å². The molecule has 24 heavy (non-hydrogen) atoms. The van der Waals surface area contributed by atoms with Gasteiger partial charge in [0.15, 0.2) is 0 Å². The van der Waals surface area contributed by atoms with Crippen LogP contribution in [0.1, 0.15) is 52.1 Å². The summed E-state index contributed by atoms with van der Waals surface area (Å²) < 4.78 is 29.0. The van der Waals surface area contributed by atoms with Gasteiger partial charge in [-0.15, -0.1) is 6.58 Å². The summed E-state index contributed by atoms with van der Waals surface area (Å²) >= 11 is 0. The topological polar surface area (TPSA) is 32.3 Å². The summed E-state index contributed by atoms with van der Waals surface area (Å²) in [7, 11) is -1.10. The van der Waals surface area contributed by atoms with Gasteiger partial charge in [0.2, 0.25) is 0 Å². The van der Waals surface area contributed by atoms with Crippen LogP contribution in [0.25, 0.3) is 0 Å². The minimum absolute atomic E-state index is 0.0866. The molecule has 1 aliphatic heterocycles. The van der Waals surface area contributed by atoms with Crippen molar-refractivity contribution in [3.8, 4) is 0 Å². The van der Waals surface area contributed by atoms with Crippen molar-refractivity contribution < 1.29 is 8.60 Å². The van der Waals surface area contributed by atoms with Gasteiger partial charge in [-0.2, -0.15) is 0 Å². The summed E-state index contributed by atoms with van der Waals surface area (Å²) in [6.45, 7) is 12.6. The minimum Gasteiger partial charge on any atom is -0.288 e. The van der Waals surface area contributed by atoms with E-state index >= 15 is 0 Å². The maximum Gasteiger partial charge on any atom is 0.123 e. The molecule has 1 heterocycles. The average molecular weight is 353 g/mol. The fraction of sp³-hybridized carbons (Fsp3) is 0.579. The molecular weight excluding hydrogens is 323 g/mol. The van der Waals surface area contributed by atoms with E-state index in [4.69, 9.17) is 0 Å². The summed E-state index contributed by atoms with van der Waals surface area (Å²) in [5.41, 5.74) is 1.00.